The minimum atomic E-state index is -0.905. The molecule has 0 saturated carbocycles. The van der Waals surface area contributed by atoms with E-state index >= 15 is 0 Å². The first-order chi connectivity index (χ1) is 15.9. The van der Waals surface area contributed by atoms with Crippen LogP contribution in [0.1, 0.15) is 165 Å². The molecule has 0 unspecified atom stereocenters. The molecule has 0 aliphatic rings. The van der Waals surface area contributed by atoms with Crippen LogP contribution in [0.25, 0.3) is 0 Å². The molecule has 1 aromatic carbocycles. The van der Waals surface area contributed by atoms with Gasteiger partial charge in [-0.1, -0.05) is 132 Å². The highest BCUT2D eigenvalue weighted by Crippen LogP contribution is 2.43. The number of hydrogen-bond acceptors (Lipinski definition) is 2. The van der Waals surface area contributed by atoms with Gasteiger partial charge in [0.05, 0.1) is 5.56 Å². The Morgan fingerprint density at radius 1 is 0.676 bits per heavy atom. The molecule has 0 fully saturated rings. The van der Waals surface area contributed by atoms with Crippen molar-refractivity contribution in [2.45, 2.75) is 156 Å². The van der Waals surface area contributed by atoms with Crippen molar-refractivity contribution in [1.29, 1.82) is 0 Å². The zero-order valence-electron chi connectivity index (χ0n) is 23.5. The van der Waals surface area contributed by atoms with Gasteiger partial charge in [0.15, 0.2) is 0 Å². The maximum atomic E-state index is 12.1. The molecular formula is C31H54O3. The summed E-state index contributed by atoms with van der Waals surface area (Å²) in [6.07, 6.45) is 19.1. The van der Waals surface area contributed by atoms with Crippen molar-refractivity contribution >= 4 is 5.97 Å². The van der Waals surface area contributed by atoms with Crippen LogP contribution in [0.2, 0.25) is 0 Å². The van der Waals surface area contributed by atoms with E-state index in [1.54, 1.807) is 6.07 Å². The van der Waals surface area contributed by atoms with Crippen LogP contribution in [0.15, 0.2) is 6.07 Å². The number of rotatable bonds is 16. The van der Waals surface area contributed by atoms with Crippen LogP contribution >= 0.6 is 0 Å². The van der Waals surface area contributed by atoms with E-state index in [1.807, 2.05) is 20.8 Å². The number of aryl methyl sites for hydroxylation is 1. The first kappa shape index (κ1) is 30.5. The number of carboxylic acid groups (broad SMARTS) is 1. The Kier molecular flexibility index (Phi) is 13.3. The topological polar surface area (TPSA) is 57.5 Å². The molecule has 34 heavy (non-hydrogen) atoms. The van der Waals surface area contributed by atoms with Crippen LogP contribution in [0.3, 0.4) is 0 Å². The molecule has 0 bridgehead atoms. The Bertz CT molecular complexity index is 735. The highest BCUT2D eigenvalue weighted by atomic mass is 16.4. The highest BCUT2D eigenvalue weighted by molar-refractivity contribution is 5.91. The molecule has 3 heteroatoms. The predicted octanol–water partition coefficient (Wildman–Crippen LogP) is 9.71. The molecule has 0 aliphatic carbocycles. The Labute approximate surface area is 210 Å². The van der Waals surface area contributed by atoms with Crippen molar-refractivity contribution < 1.29 is 15.0 Å². The molecule has 0 radical (unpaired) electrons. The molecule has 2 N–H and O–H groups in total. The Morgan fingerprint density at radius 2 is 1.06 bits per heavy atom. The van der Waals surface area contributed by atoms with Gasteiger partial charge in [-0.05, 0) is 40.9 Å². The maximum absolute atomic E-state index is 12.1. The van der Waals surface area contributed by atoms with Crippen LogP contribution in [-0.2, 0) is 17.3 Å². The van der Waals surface area contributed by atoms with Crippen LogP contribution in [0.5, 0.6) is 5.75 Å². The SMILES string of the molecule is CCCCCCCCCCCCCCCCc1cc(C(=O)O)c(C(C)(C)C)c(C(C)(C)C)c1O. The average molecular weight is 475 g/mol. The monoisotopic (exact) mass is 474 g/mol. The van der Waals surface area contributed by atoms with Gasteiger partial charge in [0, 0.05) is 5.56 Å². The third kappa shape index (κ3) is 10.4. The minimum absolute atomic E-state index is 0.303. The van der Waals surface area contributed by atoms with Crippen molar-refractivity contribution in [2.75, 3.05) is 0 Å². The number of carboxylic acids is 1. The fourth-order valence-electron chi connectivity index (χ4n) is 5.11. The van der Waals surface area contributed by atoms with E-state index in [9.17, 15) is 15.0 Å². The number of carbonyl (C=O) groups is 1. The van der Waals surface area contributed by atoms with E-state index in [2.05, 4.69) is 27.7 Å². The summed E-state index contributed by atoms with van der Waals surface area (Å²) in [5.74, 6) is -0.602. The normalized spacial score (nSPS) is 12.3. The molecule has 0 atom stereocenters. The largest absolute Gasteiger partial charge is 0.507 e. The Hall–Kier alpha value is -1.51. The minimum Gasteiger partial charge on any atom is -0.507 e. The van der Waals surface area contributed by atoms with Gasteiger partial charge in [0.25, 0.3) is 0 Å². The zero-order valence-corrected chi connectivity index (χ0v) is 23.5. The van der Waals surface area contributed by atoms with Gasteiger partial charge in [0.2, 0.25) is 0 Å². The number of phenols is 1. The number of phenolic OH excluding ortho intramolecular Hbond substituents is 1. The fourth-order valence-corrected chi connectivity index (χ4v) is 5.11. The van der Waals surface area contributed by atoms with Gasteiger partial charge in [-0.15, -0.1) is 0 Å². The van der Waals surface area contributed by atoms with E-state index < -0.39 is 5.97 Å². The highest BCUT2D eigenvalue weighted by Gasteiger charge is 2.33. The van der Waals surface area contributed by atoms with Gasteiger partial charge < -0.3 is 10.2 Å². The molecule has 0 heterocycles. The second-order valence-corrected chi connectivity index (χ2v) is 12.3. The molecule has 0 spiro atoms. The van der Waals surface area contributed by atoms with Crippen molar-refractivity contribution in [3.8, 4) is 5.75 Å². The summed E-state index contributed by atoms with van der Waals surface area (Å²) in [6, 6.07) is 1.73. The third-order valence-electron chi connectivity index (χ3n) is 6.91. The quantitative estimate of drug-likeness (QED) is 0.234. The standard InChI is InChI=1S/C31H54O3/c1-8-9-10-11-12-13-14-15-16-17-18-19-20-21-22-24-23-25(29(33)34)26(30(2,3)4)27(28(24)32)31(5,6)7/h23,32H,8-22H2,1-7H3,(H,33,34). The van der Waals surface area contributed by atoms with Crippen molar-refractivity contribution in [3.05, 3.63) is 28.3 Å². The van der Waals surface area contributed by atoms with E-state index in [4.69, 9.17) is 0 Å². The molecule has 196 valence electrons. The Morgan fingerprint density at radius 3 is 1.41 bits per heavy atom. The molecule has 1 aromatic rings. The van der Waals surface area contributed by atoms with Gasteiger partial charge in [-0.25, -0.2) is 4.79 Å². The van der Waals surface area contributed by atoms with Crippen LogP contribution in [0.4, 0.5) is 0 Å². The van der Waals surface area contributed by atoms with Crippen LogP contribution < -0.4 is 0 Å². The lowest BCUT2D eigenvalue weighted by Gasteiger charge is -2.33. The first-order valence-corrected chi connectivity index (χ1v) is 14.0. The molecule has 3 nitrogen and oxygen atoms in total. The van der Waals surface area contributed by atoms with Crippen molar-refractivity contribution in [1.82, 2.24) is 0 Å². The lowest BCUT2D eigenvalue weighted by Crippen LogP contribution is -2.26. The zero-order chi connectivity index (χ0) is 25.8. The summed E-state index contributed by atoms with van der Waals surface area (Å²) in [6.45, 7) is 14.5. The second-order valence-electron chi connectivity index (χ2n) is 12.3. The smallest absolute Gasteiger partial charge is 0.336 e. The molecule has 0 saturated heterocycles. The van der Waals surface area contributed by atoms with Crippen LogP contribution in [-0.4, -0.2) is 16.2 Å². The number of hydrogen-bond donors (Lipinski definition) is 2. The lowest BCUT2D eigenvalue weighted by molar-refractivity contribution is 0.0693. The van der Waals surface area contributed by atoms with Gasteiger partial charge in [-0.2, -0.15) is 0 Å². The summed E-state index contributed by atoms with van der Waals surface area (Å²) in [7, 11) is 0. The molecular weight excluding hydrogens is 420 g/mol. The number of unbranched alkanes of at least 4 members (excludes halogenated alkanes) is 13. The molecule has 0 aromatic heterocycles. The summed E-state index contributed by atoms with van der Waals surface area (Å²) in [4.78, 5) is 12.1. The molecule has 0 aliphatic heterocycles. The third-order valence-corrected chi connectivity index (χ3v) is 6.91. The van der Waals surface area contributed by atoms with Crippen molar-refractivity contribution in [3.63, 3.8) is 0 Å². The van der Waals surface area contributed by atoms with Gasteiger partial charge >= 0.3 is 5.97 Å². The van der Waals surface area contributed by atoms with E-state index in [0.717, 1.165) is 36.0 Å². The second kappa shape index (κ2) is 14.8. The summed E-state index contributed by atoms with van der Waals surface area (Å²) in [5.41, 5.74) is 1.99. The average Bonchev–Trinajstić information content (AvgIpc) is 2.72. The fraction of sp³-hybridized carbons (Fsp3) is 0.774. The lowest BCUT2D eigenvalue weighted by atomic mass is 9.71. The van der Waals surface area contributed by atoms with E-state index in [-0.39, 0.29) is 10.8 Å². The molecule has 0 amide bonds. The molecule has 1 rings (SSSR count). The predicted molar refractivity (Wildman–Crippen MR) is 146 cm³/mol. The summed E-state index contributed by atoms with van der Waals surface area (Å²) in [5, 5.41) is 21.1. The first-order valence-electron chi connectivity index (χ1n) is 14.0. The van der Waals surface area contributed by atoms with E-state index in [0.29, 0.717) is 11.3 Å². The number of benzene rings is 1. The van der Waals surface area contributed by atoms with Crippen molar-refractivity contribution in [2.24, 2.45) is 0 Å². The van der Waals surface area contributed by atoms with Crippen LogP contribution in [0, 0.1) is 0 Å². The number of aromatic hydroxyl groups is 1. The van der Waals surface area contributed by atoms with E-state index in [1.165, 1.54) is 77.0 Å². The van der Waals surface area contributed by atoms with Gasteiger partial charge in [-0.3, -0.25) is 0 Å². The van der Waals surface area contributed by atoms with Gasteiger partial charge in [0.1, 0.15) is 5.75 Å². The maximum Gasteiger partial charge on any atom is 0.336 e. The summed E-state index contributed by atoms with van der Waals surface area (Å²) >= 11 is 0. The Balaban J connectivity index is 2.53. The number of aromatic carboxylic acids is 1. The summed E-state index contributed by atoms with van der Waals surface area (Å²) < 4.78 is 0.